The number of carboxylic acids is 1. The van der Waals surface area contributed by atoms with Gasteiger partial charge in [-0.2, -0.15) is 0 Å². The van der Waals surface area contributed by atoms with E-state index in [9.17, 15) is 9.90 Å². The van der Waals surface area contributed by atoms with E-state index in [1.165, 1.54) is 0 Å². The summed E-state index contributed by atoms with van der Waals surface area (Å²) in [6.45, 7) is 1.93. The number of aryl methyl sites for hydroxylation is 1. The summed E-state index contributed by atoms with van der Waals surface area (Å²) < 4.78 is 5.58. The van der Waals surface area contributed by atoms with Gasteiger partial charge in [-0.25, -0.2) is 9.78 Å². The Kier molecular flexibility index (Phi) is 3.88. The lowest BCUT2D eigenvalue weighted by Gasteiger charge is -2.09. The zero-order chi connectivity index (χ0) is 20.0. The number of nitrogens with zero attached hydrogens (tertiary/aromatic N) is 2. The predicted molar refractivity (Wildman–Crippen MR) is 112 cm³/mol. The second kappa shape index (κ2) is 6.56. The van der Waals surface area contributed by atoms with Crippen LogP contribution in [0.1, 0.15) is 15.9 Å². The Labute approximate surface area is 166 Å². The van der Waals surface area contributed by atoms with E-state index in [1.807, 2.05) is 67.6 Å². The van der Waals surface area contributed by atoms with Gasteiger partial charge in [0.2, 0.25) is 0 Å². The summed E-state index contributed by atoms with van der Waals surface area (Å²) in [5.74, 6) is -0.293. The van der Waals surface area contributed by atoms with Crippen LogP contribution in [-0.2, 0) is 0 Å². The molecule has 0 fully saturated rings. The third kappa shape index (κ3) is 2.84. The standard InChI is InChI=1S/C24H16N2O3/c1-14-6-5-9-17-18(24(27)28)13-21(25-22(14)17)16-10-11-20-19(12-16)23(29-26-20)15-7-3-2-4-8-15/h2-13H,1H3,(H,27,28). The molecule has 0 aliphatic rings. The number of fused-ring (bicyclic) bond motifs is 2. The van der Waals surface area contributed by atoms with Gasteiger partial charge in [0.05, 0.1) is 22.2 Å². The molecule has 0 aliphatic carbocycles. The first-order valence-corrected chi connectivity index (χ1v) is 9.21. The van der Waals surface area contributed by atoms with Crippen LogP contribution in [0.3, 0.4) is 0 Å². The summed E-state index contributed by atoms with van der Waals surface area (Å²) in [6, 6.07) is 22.7. The van der Waals surface area contributed by atoms with E-state index in [1.54, 1.807) is 12.1 Å². The normalized spacial score (nSPS) is 11.2. The lowest BCUT2D eigenvalue weighted by atomic mass is 10.0. The van der Waals surface area contributed by atoms with Crippen molar-refractivity contribution in [1.29, 1.82) is 0 Å². The Bertz CT molecular complexity index is 1390. The highest BCUT2D eigenvalue weighted by Crippen LogP contribution is 2.33. The molecule has 2 aromatic heterocycles. The molecule has 0 unspecified atom stereocenters. The number of carboxylic acid groups (broad SMARTS) is 1. The van der Waals surface area contributed by atoms with E-state index in [-0.39, 0.29) is 5.56 Å². The fourth-order valence-electron chi connectivity index (χ4n) is 3.62. The molecule has 5 rings (SSSR count). The van der Waals surface area contributed by atoms with Crippen LogP contribution in [0.4, 0.5) is 0 Å². The van der Waals surface area contributed by atoms with Crippen molar-refractivity contribution < 1.29 is 14.4 Å². The number of para-hydroxylation sites is 1. The van der Waals surface area contributed by atoms with E-state index in [2.05, 4.69) is 5.16 Å². The molecule has 140 valence electrons. The molecule has 0 saturated heterocycles. The maximum absolute atomic E-state index is 11.9. The van der Waals surface area contributed by atoms with E-state index >= 15 is 0 Å². The van der Waals surface area contributed by atoms with Crippen molar-refractivity contribution in [1.82, 2.24) is 10.1 Å². The van der Waals surface area contributed by atoms with Crippen molar-refractivity contribution in [2.75, 3.05) is 0 Å². The minimum atomic E-state index is -0.972. The summed E-state index contributed by atoms with van der Waals surface area (Å²) in [7, 11) is 0. The van der Waals surface area contributed by atoms with Gasteiger partial charge < -0.3 is 9.63 Å². The molecule has 0 amide bonds. The Morgan fingerprint density at radius 1 is 0.897 bits per heavy atom. The summed E-state index contributed by atoms with van der Waals surface area (Å²) in [6.07, 6.45) is 0. The quantitative estimate of drug-likeness (QED) is 0.433. The second-order valence-electron chi connectivity index (χ2n) is 6.94. The van der Waals surface area contributed by atoms with Crippen LogP contribution >= 0.6 is 0 Å². The van der Waals surface area contributed by atoms with Crippen LogP contribution in [0.15, 0.2) is 77.3 Å². The van der Waals surface area contributed by atoms with Gasteiger partial charge in [-0.05, 0) is 30.7 Å². The minimum Gasteiger partial charge on any atom is -0.478 e. The molecule has 2 heterocycles. The number of rotatable bonds is 3. The Balaban J connectivity index is 1.75. The molecule has 0 spiro atoms. The average molecular weight is 380 g/mol. The van der Waals surface area contributed by atoms with Crippen LogP contribution in [0.2, 0.25) is 0 Å². The lowest BCUT2D eigenvalue weighted by molar-refractivity contribution is 0.0699. The smallest absolute Gasteiger partial charge is 0.336 e. The fraction of sp³-hybridized carbons (Fsp3) is 0.0417. The number of pyridine rings is 1. The number of benzene rings is 3. The molecule has 5 nitrogen and oxygen atoms in total. The van der Waals surface area contributed by atoms with Crippen molar-refractivity contribution in [2.45, 2.75) is 6.92 Å². The first-order chi connectivity index (χ1) is 14.1. The van der Waals surface area contributed by atoms with Crippen molar-refractivity contribution >= 4 is 27.8 Å². The summed E-state index contributed by atoms with van der Waals surface area (Å²) in [5.41, 5.74) is 4.95. The van der Waals surface area contributed by atoms with Crippen molar-refractivity contribution in [3.8, 4) is 22.6 Å². The molecule has 3 aromatic carbocycles. The monoisotopic (exact) mass is 380 g/mol. The zero-order valence-electron chi connectivity index (χ0n) is 15.6. The van der Waals surface area contributed by atoms with Crippen LogP contribution < -0.4 is 0 Å². The molecule has 0 aliphatic heterocycles. The van der Waals surface area contributed by atoms with E-state index in [4.69, 9.17) is 9.51 Å². The molecular formula is C24H16N2O3. The molecule has 0 saturated carbocycles. The first kappa shape index (κ1) is 17.1. The van der Waals surface area contributed by atoms with Gasteiger partial charge in [0.1, 0.15) is 5.52 Å². The highest BCUT2D eigenvalue weighted by molar-refractivity contribution is 6.05. The SMILES string of the molecule is Cc1cccc2c(C(=O)O)cc(-c3ccc4noc(-c5ccccc5)c4c3)nc12. The molecule has 1 N–H and O–H groups in total. The number of hydrogen-bond acceptors (Lipinski definition) is 4. The van der Waals surface area contributed by atoms with Gasteiger partial charge >= 0.3 is 5.97 Å². The summed E-state index contributed by atoms with van der Waals surface area (Å²) in [5, 5.41) is 15.4. The van der Waals surface area contributed by atoms with Gasteiger partial charge in [-0.1, -0.05) is 59.8 Å². The van der Waals surface area contributed by atoms with E-state index < -0.39 is 5.97 Å². The maximum Gasteiger partial charge on any atom is 0.336 e. The van der Waals surface area contributed by atoms with Gasteiger partial charge in [0, 0.05) is 16.5 Å². The largest absolute Gasteiger partial charge is 0.478 e. The Morgan fingerprint density at radius 3 is 2.52 bits per heavy atom. The number of aromatic nitrogens is 2. The molecular weight excluding hydrogens is 364 g/mol. The van der Waals surface area contributed by atoms with Gasteiger partial charge in [-0.3, -0.25) is 0 Å². The fourth-order valence-corrected chi connectivity index (χ4v) is 3.62. The lowest BCUT2D eigenvalue weighted by Crippen LogP contribution is -2.01. The molecule has 0 atom stereocenters. The molecule has 0 radical (unpaired) electrons. The number of aromatic carboxylic acids is 1. The van der Waals surface area contributed by atoms with Gasteiger partial charge in [0.15, 0.2) is 5.76 Å². The van der Waals surface area contributed by atoms with Crippen molar-refractivity contribution in [3.05, 3.63) is 83.9 Å². The molecule has 29 heavy (non-hydrogen) atoms. The van der Waals surface area contributed by atoms with E-state index in [0.717, 1.165) is 27.6 Å². The third-order valence-corrected chi connectivity index (χ3v) is 5.08. The second-order valence-corrected chi connectivity index (χ2v) is 6.94. The minimum absolute atomic E-state index is 0.238. The Hall–Kier alpha value is -3.99. The number of carbonyl (C=O) groups is 1. The van der Waals surface area contributed by atoms with Crippen LogP contribution in [-0.4, -0.2) is 21.2 Å². The zero-order valence-corrected chi connectivity index (χ0v) is 15.6. The van der Waals surface area contributed by atoms with Gasteiger partial charge in [-0.15, -0.1) is 0 Å². The average Bonchev–Trinajstić information content (AvgIpc) is 3.17. The first-order valence-electron chi connectivity index (χ1n) is 9.21. The molecule has 5 aromatic rings. The Morgan fingerprint density at radius 2 is 1.72 bits per heavy atom. The third-order valence-electron chi connectivity index (χ3n) is 5.08. The van der Waals surface area contributed by atoms with Crippen LogP contribution in [0.25, 0.3) is 44.4 Å². The van der Waals surface area contributed by atoms with Crippen LogP contribution in [0.5, 0.6) is 0 Å². The predicted octanol–water partition coefficient (Wildman–Crippen LogP) is 5.72. The van der Waals surface area contributed by atoms with Gasteiger partial charge in [0.25, 0.3) is 0 Å². The van der Waals surface area contributed by atoms with Crippen molar-refractivity contribution in [3.63, 3.8) is 0 Å². The summed E-state index contributed by atoms with van der Waals surface area (Å²) >= 11 is 0. The van der Waals surface area contributed by atoms with Crippen LogP contribution in [0, 0.1) is 6.92 Å². The molecule has 5 heteroatoms. The topological polar surface area (TPSA) is 76.2 Å². The summed E-state index contributed by atoms with van der Waals surface area (Å²) in [4.78, 5) is 16.6. The van der Waals surface area contributed by atoms with Crippen molar-refractivity contribution in [2.24, 2.45) is 0 Å². The van der Waals surface area contributed by atoms with E-state index in [0.29, 0.717) is 22.4 Å². The highest BCUT2D eigenvalue weighted by atomic mass is 16.5. The molecule has 0 bridgehead atoms. The highest BCUT2D eigenvalue weighted by Gasteiger charge is 2.16. The number of hydrogen-bond donors (Lipinski definition) is 1. The maximum atomic E-state index is 11.9.